The standard InChI is InChI=1S/C30H46O5/c1-25(2)15-18-17-8-9-19-27(5)11-10-21(31)26(3,4)20(27)14-22(32)29(19,7)28(17,6)12-13-30(18,24(34)35)16-23(25)33/h8,18-21,23,31,33H,9-16H2,1-7H3,(H,34,35)/t18-,19+,20+,21-,23-,27+,28+,29-,30+/m0/s1. The molecule has 0 saturated heterocycles. The minimum atomic E-state index is -0.954. The Hall–Kier alpha value is -1.20. The highest BCUT2D eigenvalue weighted by Gasteiger charge is 2.72. The van der Waals surface area contributed by atoms with Gasteiger partial charge in [-0.05, 0) is 78.9 Å². The molecule has 5 rings (SSSR count). The fourth-order valence-electron chi connectivity index (χ4n) is 10.3. The number of aliphatic carboxylic acids is 1. The summed E-state index contributed by atoms with van der Waals surface area (Å²) in [5, 5.41) is 32.2. The van der Waals surface area contributed by atoms with E-state index in [0.717, 1.165) is 19.3 Å². The van der Waals surface area contributed by atoms with Crippen LogP contribution in [0.3, 0.4) is 0 Å². The highest BCUT2D eigenvalue weighted by atomic mass is 16.4. The Morgan fingerprint density at radius 3 is 2.20 bits per heavy atom. The van der Waals surface area contributed by atoms with Crippen LogP contribution in [0.5, 0.6) is 0 Å². The molecule has 0 aromatic rings. The molecule has 5 aliphatic rings. The van der Waals surface area contributed by atoms with Crippen LogP contribution in [0.4, 0.5) is 0 Å². The van der Waals surface area contributed by atoms with Crippen LogP contribution in [0.15, 0.2) is 11.6 Å². The zero-order valence-corrected chi connectivity index (χ0v) is 22.8. The van der Waals surface area contributed by atoms with Crippen LogP contribution in [-0.2, 0) is 9.59 Å². The summed E-state index contributed by atoms with van der Waals surface area (Å²) in [4.78, 5) is 27.1. The smallest absolute Gasteiger partial charge is 0.310 e. The molecule has 0 amide bonds. The second-order valence-electron chi connectivity index (χ2n) is 15.0. The number of aliphatic hydroxyl groups excluding tert-OH is 2. The first-order valence-corrected chi connectivity index (χ1v) is 13.8. The van der Waals surface area contributed by atoms with Gasteiger partial charge in [0, 0.05) is 17.3 Å². The van der Waals surface area contributed by atoms with Crippen molar-refractivity contribution in [2.45, 2.75) is 112 Å². The van der Waals surface area contributed by atoms with E-state index in [2.05, 4.69) is 54.5 Å². The normalized spacial score (nSPS) is 52.3. The molecule has 35 heavy (non-hydrogen) atoms. The van der Waals surface area contributed by atoms with Gasteiger partial charge < -0.3 is 15.3 Å². The predicted molar refractivity (Wildman–Crippen MR) is 134 cm³/mol. The molecule has 196 valence electrons. The minimum Gasteiger partial charge on any atom is -0.481 e. The maximum atomic E-state index is 14.3. The lowest BCUT2D eigenvalue weighted by Crippen LogP contribution is -2.68. The largest absolute Gasteiger partial charge is 0.481 e. The molecule has 0 aromatic heterocycles. The Balaban J connectivity index is 1.64. The predicted octanol–water partition coefficient (Wildman–Crippen LogP) is 5.38. The number of ketones is 1. The Morgan fingerprint density at radius 1 is 0.914 bits per heavy atom. The summed E-state index contributed by atoms with van der Waals surface area (Å²) < 4.78 is 0. The van der Waals surface area contributed by atoms with Crippen LogP contribution < -0.4 is 0 Å². The average Bonchev–Trinajstić information content (AvgIpc) is 2.75. The molecule has 0 spiro atoms. The fourth-order valence-corrected chi connectivity index (χ4v) is 10.3. The molecule has 0 heterocycles. The maximum Gasteiger partial charge on any atom is 0.310 e. The summed E-state index contributed by atoms with van der Waals surface area (Å²) >= 11 is 0. The molecule has 0 unspecified atom stereocenters. The Kier molecular flexibility index (Phi) is 5.25. The third-order valence-corrected chi connectivity index (χ3v) is 13.1. The topological polar surface area (TPSA) is 94.8 Å². The second kappa shape index (κ2) is 7.22. The summed E-state index contributed by atoms with van der Waals surface area (Å²) in [5.41, 5.74) is -1.42. The molecule has 5 aliphatic carbocycles. The first-order chi connectivity index (χ1) is 16.0. The van der Waals surface area contributed by atoms with E-state index in [-0.39, 0.29) is 51.9 Å². The van der Waals surface area contributed by atoms with Gasteiger partial charge in [0.15, 0.2) is 0 Å². The Bertz CT molecular complexity index is 995. The molecule has 4 fully saturated rings. The lowest BCUT2D eigenvalue weighted by Gasteiger charge is -2.70. The second-order valence-corrected chi connectivity index (χ2v) is 15.0. The van der Waals surface area contributed by atoms with Gasteiger partial charge in [-0.1, -0.05) is 60.1 Å². The van der Waals surface area contributed by atoms with Crippen LogP contribution >= 0.6 is 0 Å². The van der Waals surface area contributed by atoms with E-state index in [4.69, 9.17) is 0 Å². The number of fused-ring (bicyclic) bond motifs is 7. The average molecular weight is 487 g/mol. The number of hydrogen-bond donors (Lipinski definition) is 3. The van der Waals surface area contributed by atoms with Gasteiger partial charge in [0.25, 0.3) is 0 Å². The number of rotatable bonds is 1. The fraction of sp³-hybridized carbons (Fsp3) is 0.867. The number of carboxylic acids is 1. The minimum absolute atomic E-state index is 0.0419. The summed E-state index contributed by atoms with van der Waals surface area (Å²) in [6.07, 6.45) is 6.39. The van der Waals surface area contributed by atoms with Gasteiger partial charge in [-0.2, -0.15) is 0 Å². The molecule has 5 nitrogen and oxygen atoms in total. The van der Waals surface area contributed by atoms with Gasteiger partial charge in [-0.3, -0.25) is 9.59 Å². The molecule has 4 saturated carbocycles. The Labute approximate surface area is 210 Å². The van der Waals surface area contributed by atoms with Crippen molar-refractivity contribution in [2.24, 2.45) is 50.2 Å². The summed E-state index contributed by atoms with van der Waals surface area (Å²) in [7, 11) is 0. The lowest BCUT2D eigenvalue weighted by molar-refractivity contribution is -0.206. The first kappa shape index (κ1) is 25.4. The van der Waals surface area contributed by atoms with Crippen molar-refractivity contribution < 1.29 is 24.9 Å². The van der Waals surface area contributed by atoms with Crippen LogP contribution in [-0.4, -0.2) is 39.3 Å². The molecular weight excluding hydrogens is 440 g/mol. The molecule has 0 aromatic carbocycles. The third kappa shape index (κ3) is 2.89. The van der Waals surface area contributed by atoms with Crippen molar-refractivity contribution in [3.05, 3.63) is 11.6 Å². The highest BCUT2D eigenvalue weighted by Crippen LogP contribution is 2.74. The van der Waals surface area contributed by atoms with Gasteiger partial charge in [0.1, 0.15) is 5.78 Å². The van der Waals surface area contributed by atoms with Crippen molar-refractivity contribution in [3.8, 4) is 0 Å². The quantitative estimate of drug-likeness (QED) is 0.432. The number of Topliss-reactive ketones (excluding diaryl/α,β-unsaturated/α-hetero) is 1. The Morgan fingerprint density at radius 2 is 1.57 bits per heavy atom. The third-order valence-electron chi connectivity index (χ3n) is 13.1. The van der Waals surface area contributed by atoms with Crippen molar-refractivity contribution >= 4 is 11.8 Å². The van der Waals surface area contributed by atoms with E-state index in [0.29, 0.717) is 31.5 Å². The van der Waals surface area contributed by atoms with Gasteiger partial charge in [-0.25, -0.2) is 0 Å². The van der Waals surface area contributed by atoms with E-state index in [1.807, 2.05) is 0 Å². The van der Waals surface area contributed by atoms with Crippen molar-refractivity contribution in [1.82, 2.24) is 0 Å². The molecular formula is C30H46O5. The molecule has 9 atom stereocenters. The maximum absolute atomic E-state index is 14.3. The van der Waals surface area contributed by atoms with Crippen molar-refractivity contribution in [2.75, 3.05) is 0 Å². The number of aliphatic hydroxyl groups is 2. The summed E-state index contributed by atoms with van der Waals surface area (Å²) in [5.74, 6) is -0.317. The van der Waals surface area contributed by atoms with Crippen molar-refractivity contribution in [1.29, 1.82) is 0 Å². The van der Waals surface area contributed by atoms with Gasteiger partial charge in [0.05, 0.1) is 17.6 Å². The van der Waals surface area contributed by atoms with Crippen LogP contribution in [0.25, 0.3) is 0 Å². The monoisotopic (exact) mass is 486 g/mol. The number of carboxylic acid groups (broad SMARTS) is 1. The molecule has 5 heteroatoms. The lowest BCUT2D eigenvalue weighted by atomic mass is 9.33. The van der Waals surface area contributed by atoms with Crippen LogP contribution in [0.2, 0.25) is 0 Å². The summed E-state index contributed by atoms with van der Waals surface area (Å²) in [6.45, 7) is 15.2. The van der Waals surface area contributed by atoms with Crippen LogP contribution in [0.1, 0.15) is 99.8 Å². The number of carbonyl (C=O) groups excluding carboxylic acids is 1. The molecule has 0 radical (unpaired) electrons. The molecule has 0 bridgehead atoms. The van der Waals surface area contributed by atoms with Crippen LogP contribution in [0, 0.1) is 50.2 Å². The molecule has 0 aliphatic heterocycles. The number of carbonyl (C=O) groups is 2. The first-order valence-electron chi connectivity index (χ1n) is 13.8. The zero-order chi connectivity index (χ0) is 26.0. The zero-order valence-electron chi connectivity index (χ0n) is 22.8. The van der Waals surface area contributed by atoms with E-state index < -0.39 is 22.9 Å². The van der Waals surface area contributed by atoms with Gasteiger partial charge >= 0.3 is 5.97 Å². The van der Waals surface area contributed by atoms with E-state index in [1.54, 1.807) is 0 Å². The van der Waals surface area contributed by atoms with Gasteiger partial charge in [0.2, 0.25) is 0 Å². The van der Waals surface area contributed by atoms with Crippen molar-refractivity contribution in [3.63, 3.8) is 0 Å². The van der Waals surface area contributed by atoms with E-state index in [1.165, 1.54) is 5.57 Å². The number of hydrogen-bond acceptors (Lipinski definition) is 4. The highest BCUT2D eigenvalue weighted by molar-refractivity contribution is 5.89. The number of allylic oxidation sites excluding steroid dienone is 2. The van der Waals surface area contributed by atoms with E-state index in [9.17, 15) is 24.9 Å². The SMILES string of the molecule is CC1(C)C[C@H]2C3=CC[C@@H]4[C@@]5(C)CC[C@H](O)C(C)(C)[C@H]5CC(=O)[C@@]4(C)[C@]3(C)CC[C@@]2(C(=O)O)C[C@@H]1O. The molecule has 3 N–H and O–H groups in total. The summed E-state index contributed by atoms with van der Waals surface area (Å²) in [6, 6.07) is 0. The van der Waals surface area contributed by atoms with Gasteiger partial charge in [-0.15, -0.1) is 0 Å². The van der Waals surface area contributed by atoms with E-state index >= 15 is 0 Å².